The highest BCUT2D eigenvalue weighted by Gasteiger charge is 2.22. The van der Waals surface area contributed by atoms with E-state index in [-0.39, 0.29) is 5.78 Å². The fraction of sp³-hybridized carbons (Fsp3) is 0.0800. The first kappa shape index (κ1) is 15.8. The molecule has 2 heteroatoms. The van der Waals surface area contributed by atoms with Gasteiger partial charge in [0.25, 0.3) is 0 Å². The summed E-state index contributed by atoms with van der Waals surface area (Å²) < 4.78 is 0. The van der Waals surface area contributed by atoms with Crippen molar-refractivity contribution in [2.24, 2.45) is 0 Å². The molecule has 0 amide bonds. The molecular formula is C25H19NO. The van der Waals surface area contributed by atoms with Gasteiger partial charge in [-0.05, 0) is 47.0 Å². The zero-order valence-electron chi connectivity index (χ0n) is 14.9. The molecule has 0 N–H and O–H groups in total. The summed E-state index contributed by atoms with van der Waals surface area (Å²) in [5.41, 5.74) is 5.34. The molecule has 27 heavy (non-hydrogen) atoms. The van der Waals surface area contributed by atoms with Crippen LogP contribution in [0.5, 0.6) is 0 Å². The van der Waals surface area contributed by atoms with Gasteiger partial charge in [0.1, 0.15) is 0 Å². The van der Waals surface area contributed by atoms with Gasteiger partial charge in [0.2, 0.25) is 0 Å². The standard InChI is InChI=1S/C25H19NO/c27-25(18-7-3-1-4-8-18)20-11-13-22-19(17-20)12-14-24-23(22)15-16-26(24)21-9-5-2-6-10-21/h1-14,17H,15-16H2. The first-order valence-corrected chi connectivity index (χ1v) is 9.29. The minimum Gasteiger partial charge on any atom is -0.341 e. The summed E-state index contributed by atoms with van der Waals surface area (Å²) in [7, 11) is 0. The smallest absolute Gasteiger partial charge is 0.193 e. The number of hydrogen-bond acceptors (Lipinski definition) is 2. The van der Waals surface area contributed by atoms with Crippen molar-refractivity contribution in [3.8, 4) is 0 Å². The predicted molar refractivity (Wildman–Crippen MR) is 111 cm³/mol. The Bertz CT molecular complexity index is 1130. The average Bonchev–Trinajstić information content (AvgIpc) is 3.18. The minimum absolute atomic E-state index is 0.0731. The van der Waals surface area contributed by atoms with Gasteiger partial charge < -0.3 is 4.90 Å². The molecule has 1 aliphatic rings. The van der Waals surface area contributed by atoms with E-state index in [2.05, 4.69) is 47.4 Å². The quantitative estimate of drug-likeness (QED) is 0.438. The summed E-state index contributed by atoms with van der Waals surface area (Å²) >= 11 is 0. The monoisotopic (exact) mass is 349 g/mol. The van der Waals surface area contributed by atoms with Gasteiger partial charge in [-0.2, -0.15) is 0 Å². The van der Waals surface area contributed by atoms with Gasteiger partial charge in [-0.1, -0.05) is 66.7 Å². The van der Waals surface area contributed by atoms with Gasteiger partial charge in [0, 0.05) is 29.0 Å². The van der Waals surface area contributed by atoms with Crippen molar-refractivity contribution in [3.05, 3.63) is 108 Å². The predicted octanol–water partition coefficient (Wildman–Crippen LogP) is 5.77. The van der Waals surface area contributed by atoms with Gasteiger partial charge in [-0.25, -0.2) is 0 Å². The van der Waals surface area contributed by atoms with Gasteiger partial charge in [-0.3, -0.25) is 4.79 Å². The second-order valence-corrected chi connectivity index (χ2v) is 6.93. The topological polar surface area (TPSA) is 20.3 Å². The third kappa shape index (κ3) is 2.70. The van der Waals surface area contributed by atoms with Crippen LogP contribution in [0.1, 0.15) is 21.5 Å². The van der Waals surface area contributed by atoms with E-state index < -0.39 is 0 Å². The van der Waals surface area contributed by atoms with Crippen LogP contribution < -0.4 is 4.90 Å². The molecule has 5 rings (SSSR count). The molecule has 2 nitrogen and oxygen atoms in total. The molecule has 1 heterocycles. The summed E-state index contributed by atoms with van der Waals surface area (Å²) in [6.07, 6.45) is 1.02. The Morgan fingerprint density at radius 2 is 1.48 bits per heavy atom. The third-order valence-corrected chi connectivity index (χ3v) is 5.35. The van der Waals surface area contributed by atoms with E-state index in [1.165, 1.54) is 22.3 Å². The second kappa shape index (κ2) is 6.40. The summed E-state index contributed by atoms with van der Waals surface area (Å²) in [6, 6.07) is 30.4. The Balaban J connectivity index is 1.56. The Labute approximate surface area is 158 Å². The van der Waals surface area contributed by atoms with Gasteiger partial charge >= 0.3 is 0 Å². The van der Waals surface area contributed by atoms with Crippen LogP contribution in [-0.4, -0.2) is 12.3 Å². The summed E-state index contributed by atoms with van der Waals surface area (Å²) in [5.74, 6) is 0.0731. The molecule has 0 saturated heterocycles. The number of anilines is 2. The lowest BCUT2D eigenvalue weighted by molar-refractivity contribution is 0.103. The van der Waals surface area contributed by atoms with Crippen molar-refractivity contribution in [3.63, 3.8) is 0 Å². The Morgan fingerprint density at radius 3 is 2.26 bits per heavy atom. The molecule has 1 aliphatic heterocycles. The van der Waals surface area contributed by atoms with E-state index in [0.29, 0.717) is 0 Å². The van der Waals surface area contributed by atoms with E-state index in [1.54, 1.807) is 0 Å². The van der Waals surface area contributed by atoms with Crippen molar-refractivity contribution in [2.75, 3.05) is 11.4 Å². The number of hydrogen-bond donors (Lipinski definition) is 0. The SMILES string of the molecule is O=C(c1ccccc1)c1ccc2c3c(ccc2c1)N(c1ccccc1)CC3. The Morgan fingerprint density at radius 1 is 0.741 bits per heavy atom. The van der Waals surface area contributed by atoms with Crippen LogP contribution in [-0.2, 0) is 6.42 Å². The molecule has 0 aliphatic carbocycles. The molecule has 4 aromatic carbocycles. The van der Waals surface area contributed by atoms with Gasteiger partial charge in [-0.15, -0.1) is 0 Å². The number of carbonyl (C=O) groups excluding carboxylic acids is 1. The van der Waals surface area contributed by atoms with Crippen LogP contribution in [0.25, 0.3) is 10.8 Å². The fourth-order valence-corrected chi connectivity index (χ4v) is 4.02. The van der Waals surface area contributed by atoms with Crippen LogP contribution in [0, 0.1) is 0 Å². The zero-order chi connectivity index (χ0) is 18.2. The van der Waals surface area contributed by atoms with Crippen molar-refractivity contribution >= 4 is 27.9 Å². The molecule has 4 aromatic rings. The van der Waals surface area contributed by atoms with Gasteiger partial charge in [0.05, 0.1) is 0 Å². The maximum atomic E-state index is 12.8. The van der Waals surface area contributed by atoms with E-state index in [1.807, 2.05) is 48.5 Å². The van der Waals surface area contributed by atoms with Crippen LogP contribution in [0.4, 0.5) is 11.4 Å². The minimum atomic E-state index is 0.0731. The normalized spacial score (nSPS) is 13.0. The number of carbonyl (C=O) groups is 1. The molecule has 0 saturated carbocycles. The van der Waals surface area contributed by atoms with Crippen molar-refractivity contribution in [1.82, 2.24) is 0 Å². The lowest BCUT2D eigenvalue weighted by atomic mass is 9.97. The summed E-state index contributed by atoms with van der Waals surface area (Å²) in [6.45, 7) is 0.989. The van der Waals surface area contributed by atoms with E-state index >= 15 is 0 Å². The van der Waals surface area contributed by atoms with E-state index in [0.717, 1.165) is 29.5 Å². The van der Waals surface area contributed by atoms with E-state index in [4.69, 9.17) is 0 Å². The van der Waals surface area contributed by atoms with Crippen LogP contribution in [0.15, 0.2) is 91.0 Å². The van der Waals surface area contributed by atoms with E-state index in [9.17, 15) is 4.79 Å². The highest BCUT2D eigenvalue weighted by molar-refractivity contribution is 6.11. The lowest BCUT2D eigenvalue weighted by Crippen LogP contribution is -2.12. The van der Waals surface area contributed by atoms with Crippen molar-refractivity contribution in [2.45, 2.75) is 6.42 Å². The summed E-state index contributed by atoms with van der Waals surface area (Å²) in [4.78, 5) is 15.1. The van der Waals surface area contributed by atoms with Crippen molar-refractivity contribution < 1.29 is 4.79 Å². The molecule has 0 radical (unpaired) electrons. The molecular weight excluding hydrogens is 330 g/mol. The second-order valence-electron chi connectivity index (χ2n) is 6.93. The first-order valence-electron chi connectivity index (χ1n) is 9.29. The molecule has 130 valence electrons. The molecule has 0 atom stereocenters. The van der Waals surface area contributed by atoms with Crippen LogP contribution in [0.3, 0.4) is 0 Å². The molecule has 0 bridgehead atoms. The number of ketones is 1. The van der Waals surface area contributed by atoms with Crippen LogP contribution in [0.2, 0.25) is 0 Å². The molecule has 0 aromatic heterocycles. The number of rotatable bonds is 3. The average molecular weight is 349 g/mol. The number of nitrogens with zero attached hydrogens (tertiary/aromatic N) is 1. The summed E-state index contributed by atoms with van der Waals surface area (Å²) in [5, 5.41) is 2.38. The largest absolute Gasteiger partial charge is 0.341 e. The van der Waals surface area contributed by atoms with Crippen LogP contribution >= 0.6 is 0 Å². The highest BCUT2D eigenvalue weighted by Crippen LogP contribution is 2.38. The first-order chi connectivity index (χ1) is 13.3. The Hall–Kier alpha value is -3.39. The maximum Gasteiger partial charge on any atom is 0.193 e. The molecule has 0 fully saturated rings. The number of para-hydroxylation sites is 1. The highest BCUT2D eigenvalue weighted by atomic mass is 16.1. The third-order valence-electron chi connectivity index (χ3n) is 5.35. The van der Waals surface area contributed by atoms with Gasteiger partial charge in [0.15, 0.2) is 5.78 Å². The number of benzene rings is 4. The molecule has 0 unspecified atom stereocenters. The molecule has 0 spiro atoms. The Kier molecular flexibility index (Phi) is 3.75. The lowest BCUT2D eigenvalue weighted by Gasteiger charge is -2.19. The fourth-order valence-electron chi connectivity index (χ4n) is 4.02. The maximum absolute atomic E-state index is 12.8. The number of fused-ring (bicyclic) bond motifs is 3. The zero-order valence-corrected chi connectivity index (χ0v) is 14.9. The van der Waals surface area contributed by atoms with Crippen molar-refractivity contribution in [1.29, 1.82) is 0 Å².